The third kappa shape index (κ3) is 2.75. The predicted molar refractivity (Wildman–Crippen MR) is 72.8 cm³/mol. The van der Waals surface area contributed by atoms with Crippen molar-refractivity contribution < 1.29 is 0 Å². The second kappa shape index (κ2) is 4.87. The second-order valence-corrected chi connectivity index (χ2v) is 5.61. The molecule has 2 nitrogen and oxygen atoms in total. The molecular weight excluding hydrogens is 232 g/mol. The van der Waals surface area contributed by atoms with Crippen molar-refractivity contribution in [1.82, 2.24) is 5.32 Å². The van der Waals surface area contributed by atoms with Crippen LogP contribution in [0.5, 0.6) is 0 Å². The Morgan fingerprint density at radius 2 is 1.94 bits per heavy atom. The highest BCUT2D eigenvalue weighted by Crippen LogP contribution is 2.34. The third-order valence-electron chi connectivity index (χ3n) is 3.81. The maximum absolute atomic E-state index is 5.94. The minimum Gasteiger partial charge on any atom is -0.370 e. The van der Waals surface area contributed by atoms with Crippen molar-refractivity contribution in [3.05, 3.63) is 29.3 Å². The van der Waals surface area contributed by atoms with Crippen LogP contribution in [0.15, 0.2) is 24.3 Å². The molecule has 0 bridgehead atoms. The lowest BCUT2D eigenvalue weighted by Gasteiger charge is -2.26. The minimum absolute atomic E-state index is 0.688. The number of benzene rings is 1. The predicted octanol–water partition coefficient (Wildman–Crippen LogP) is 2.92. The fraction of sp³-hybridized carbons (Fsp3) is 0.571. The Morgan fingerprint density at radius 3 is 2.65 bits per heavy atom. The quantitative estimate of drug-likeness (QED) is 0.868. The zero-order chi connectivity index (χ0) is 11.7. The summed E-state index contributed by atoms with van der Waals surface area (Å²) in [5, 5.41) is 4.51. The van der Waals surface area contributed by atoms with Crippen molar-refractivity contribution in [1.29, 1.82) is 0 Å². The average Bonchev–Trinajstić information content (AvgIpc) is 3.16. The highest BCUT2D eigenvalue weighted by molar-refractivity contribution is 6.30. The molecule has 1 atom stereocenters. The number of halogens is 1. The van der Waals surface area contributed by atoms with Crippen molar-refractivity contribution in [2.45, 2.75) is 25.3 Å². The van der Waals surface area contributed by atoms with Gasteiger partial charge in [0.25, 0.3) is 0 Å². The van der Waals surface area contributed by atoms with Gasteiger partial charge in [0, 0.05) is 29.8 Å². The smallest absolute Gasteiger partial charge is 0.0407 e. The van der Waals surface area contributed by atoms with Crippen molar-refractivity contribution >= 4 is 17.3 Å². The molecule has 1 heterocycles. The fourth-order valence-electron chi connectivity index (χ4n) is 2.65. The van der Waals surface area contributed by atoms with E-state index in [0.717, 1.165) is 30.6 Å². The van der Waals surface area contributed by atoms with Gasteiger partial charge >= 0.3 is 0 Å². The van der Waals surface area contributed by atoms with Gasteiger partial charge in [0.05, 0.1) is 0 Å². The van der Waals surface area contributed by atoms with E-state index < -0.39 is 0 Å². The van der Waals surface area contributed by atoms with Gasteiger partial charge in [-0.15, -0.1) is 0 Å². The second-order valence-electron chi connectivity index (χ2n) is 5.17. The number of hydrogen-bond donors (Lipinski definition) is 1. The molecule has 1 aliphatic carbocycles. The number of rotatable bonds is 2. The SMILES string of the molecule is Clc1ccc(N2CCCNC(C3CC3)C2)cc1. The molecule has 1 saturated heterocycles. The summed E-state index contributed by atoms with van der Waals surface area (Å²) in [5.74, 6) is 0.919. The Balaban J connectivity index is 1.73. The molecular formula is C14H19ClN2. The summed E-state index contributed by atoms with van der Waals surface area (Å²) in [5.41, 5.74) is 1.31. The van der Waals surface area contributed by atoms with E-state index in [1.54, 1.807) is 0 Å². The first-order chi connectivity index (χ1) is 8.33. The molecule has 0 aromatic heterocycles. The topological polar surface area (TPSA) is 15.3 Å². The van der Waals surface area contributed by atoms with Gasteiger partial charge in [-0.1, -0.05) is 11.6 Å². The molecule has 92 valence electrons. The Bertz CT molecular complexity index is 372. The lowest BCUT2D eigenvalue weighted by Crippen LogP contribution is -2.39. The molecule has 17 heavy (non-hydrogen) atoms. The van der Waals surface area contributed by atoms with Crippen LogP contribution in [0.3, 0.4) is 0 Å². The zero-order valence-electron chi connectivity index (χ0n) is 10.0. The van der Waals surface area contributed by atoms with Gasteiger partial charge in [-0.3, -0.25) is 0 Å². The van der Waals surface area contributed by atoms with Crippen molar-refractivity contribution in [2.75, 3.05) is 24.5 Å². The van der Waals surface area contributed by atoms with Crippen molar-refractivity contribution in [2.24, 2.45) is 5.92 Å². The van der Waals surface area contributed by atoms with Gasteiger partial charge in [0.2, 0.25) is 0 Å². The zero-order valence-corrected chi connectivity index (χ0v) is 10.8. The Morgan fingerprint density at radius 1 is 1.18 bits per heavy atom. The third-order valence-corrected chi connectivity index (χ3v) is 4.06. The summed E-state index contributed by atoms with van der Waals surface area (Å²) in [7, 11) is 0. The lowest BCUT2D eigenvalue weighted by atomic mass is 10.1. The summed E-state index contributed by atoms with van der Waals surface area (Å²) in [6, 6.07) is 8.94. The van der Waals surface area contributed by atoms with Gasteiger partial charge < -0.3 is 10.2 Å². The highest BCUT2D eigenvalue weighted by Gasteiger charge is 2.33. The van der Waals surface area contributed by atoms with Crippen molar-refractivity contribution in [3.8, 4) is 0 Å². The Hall–Kier alpha value is -0.730. The summed E-state index contributed by atoms with van der Waals surface area (Å²) in [4.78, 5) is 2.50. The first kappa shape index (κ1) is 11.4. The molecule has 2 aliphatic rings. The standard InChI is InChI=1S/C14H19ClN2/c15-12-4-6-13(7-5-12)17-9-1-8-16-14(10-17)11-2-3-11/h4-7,11,14,16H,1-3,8-10H2. The number of nitrogens with zero attached hydrogens (tertiary/aromatic N) is 1. The first-order valence-corrected chi connectivity index (χ1v) is 6.94. The molecule has 0 radical (unpaired) electrons. The molecule has 1 N–H and O–H groups in total. The van der Waals surface area contributed by atoms with Gasteiger partial charge in [0.15, 0.2) is 0 Å². The van der Waals surface area contributed by atoms with E-state index in [0.29, 0.717) is 6.04 Å². The van der Waals surface area contributed by atoms with E-state index in [9.17, 15) is 0 Å². The average molecular weight is 251 g/mol. The summed E-state index contributed by atoms with van der Waals surface area (Å²) in [6.45, 7) is 3.45. The Kier molecular flexibility index (Phi) is 3.26. The van der Waals surface area contributed by atoms with E-state index in [1.165, 1.54) is 24.9 Å². The Labute approximate surface area is 108 Å². The summed E-state index contributed by atoms with van der Waals surface area (Å²) in [6.07, 6.45) is 4.05. The summed E-state index contributed by atoms with van der Waals surface area (Å²) < 4.78 is 0. The first-order valence-electron chi connectivity index (χ1n) is 6.57. The van der Waals surface area contributed by atoms with Crippen LogP contribution in [-0.2, 0) is 0 Å². The van der Waals surface area contributed by atoms with Crippen LogP contribution >= 0.6 is 11.6 Å². The van der Waals surface area contributed by atoms with Crippen LogP contribution in [0.25, 0.3) is 0 Å². The maximum atomic E-state index is 5.94. The van der Waals surface area contributed by atoms with E-state index in [2.05, 4.69) is 22.3 Å². The maximum Gasteiger partial charge on any atom is 0.0407 e. The molecule has 3 rings (SSSR count). The molecule has 0 spiro atoms. The molecule has 1 saturated carbocycles. The minimum atomic E-state index is 0.688. The van der Waals surface area contributed by atoms with E-state index >= 15 is 0 Å². The van der Waals surface area contributed by atoms with Crippen LogP contribution in [0, 0.1) is 5.92 Å². The van der Waals surface area contributed by atoms with Crippen LogP contribution in [-0.4, -0.2) is 25.7 Å². The molecule has 1 aliphatic heterocycles. The van der Waals surface area contributed by atoms with Gasteiger partial charge in [0.1, 0.15) is 0 Å². The van der Waals surface area contributed by atoms with Crippen LogP contribution in [0.2, 0.25) is 5.02 Å². The van der Waals surface area contributed by atoms with E-state index in [-0.39, 0.29) is 0 Å². The van der Waals surface area contributed by atoms with E-state index in [1.807, 2.05) is 12.1 Å². The molecule has 1 aromatic carbocycles. The normalized spacial score (nSPS) is 25.7. The van der Waals surface area contributed by atoms with Gasteiger partial charge in [-0.25, -0.2) is 0 Å². The molecule has 3 heteroatoms. The number of anilines is 1. The molecule has 1 aromatic rings. The van der Waals surface area contributed by atoms with E-state index in [4.69, 9.17) is 11.6 Å². The number of nitrogens with one attached hydrogen (secondary N) is 1. The fourth-order valence-corrected chi connectivity index (χ4v) is 2.78. The lowest BCUT2D eigenvalue weighted by molar-refractivity contribution is 0.490. The molecule has 1 unspecified atom stereocenters. The molecule has 2 fully saturated rings. The summed E-state index contributed by atoms with van der Waals surface area (Å²) >= 11 is 5.94. The number of hydrogen-bond acceptors (Lipinski definition) is 2. The van der Waals surface area contributed by atoms with Crippen LogP contribution in [0.1, 0.15) is 19.3 Å². The van der Waals surface area contributed by atoms with Crippen LogP contribution in [0.4, 0.5) is 5.69 Å². The highest BCUT2D eigenvalue weighted by atomic mass is 35.5. The van der Waals surface area contributed by atoms with Crippen LogP contribution < -0.4 is 10.2 Å². The monoisotopic (exact) mass is 250 g/mol. The molecule has 0 amide bonds. The largest absolute Gasteiger partial charge is 0.370 e. The van der Waals surface area contributed by atoms with Gasteiger partial charge in [-0.2, -0.15) is 0 Å². The van der Waals surface area contributed by atoms with Gasteiger partial charge in [-0.05, 0) is 56.0 Å². The van der Waals surface area contributed by atoms with Crippen molar-refractivity contribution in [3.63, 3.8) is 0 Å².